The van der Waals surface area contributed by atoms with Gasteiger partial charge >= 0.3 is 0 Å². The lowest BCUT2D eigenvalue weighted by atomic mass is 9.99. The molecule has 2 aliphatic carbocycles. The zero-order valence-corrected chi connectivity index (χ0v) is 12.0. The molecular weight excluding hydrogens is 248 g/mol. The maximum Gasteiger partial charge on any atom is 0.220 e. The van der Waals surface area contributed by atoms with E-state index < -0.39 is 0 Å². The van der Waals surface area contributed by atoms with Crippen molar-refractivity contribution in [2.75, 3.05) is 6.54 Å². The number of hydrogen-bond acceptors (Lipinski definition) is 2. The van der Waals surface area contributed by atoms with Crippen LogP contribution >= 0.6 is 0 Å². The molecule has 1 aromatic rings. The van der Waals surface area contributed by atoms with Crippen molar-refractivity contribution in [1.82, 2.24) is 5.32 Å². The van der Waals surface area contributed by atoms with E-state index in [-0.39, 0.29) is 11.9 Å². The van der Waals surface area contributed by atoms with E-state index in [2.05, 4.69) is 29.6 Å². The number of carbonyl (C=O) groups is 1. The summed E-state index contributed by atoms with van der Waals surface area (Å²) in [7, 11) is 0. The molecule has 0 saturated heterocycles. The van der Waals surface area contributed by atoms with Gasteiger partial charge in [-0.15, -0.1) is 0 Å². The van der Waals surface area contributed by atoms with Gasteiger partial charge in [0.2, 0.25) is 5.91 Å². The van der Waals surface area contributed by atoms with Gasteiger partial charge in [0, 0.05) is 19.0 Å². The fourth-order valence-corrected chi connectivity index (χ4v) is 3.68. The molecule has 3 N–H and O–H groups in total. The van der Waals surface area contributed by atoms with Crippen molar-refractivity contribution in [2.45, 2.75) is 44.6 Å². The number of fused-ring (bicyclic) bond motifs is 1. The zero-order chi connectivity index (χ0) is 13.9. The summed E-state index contributed by atoms with van der Waals surface area (Å²) in [5.74, 6) is 1.15. The molecule has 0 bridgehead atoms. The van der Waals surface area contributed by atoms with E-state index in [0.717, 1.165) is 32.2 Å². The normalized spacial score (nSPS) is 25.6. The molecule has 0 aliphatic heterocycles. The minimum Gasteiger partial charge on any atom is -0.356 e. The van der Waals surface area contributed by atoms with Crippen LogP contribution in [0.4, 0.5) is 0 Å². The van der Waals surface area contributed by atoms with Gasteiger partial charge in [-0.25, -0.2) is 0 Å². The molecule has 2 atom stereocenters. The Morgan fingerprint density at radius 1 is 1.20 bits per heavy atom. The highest BCUT2D eigenvalue weighted by atomic mass is 16.1. The van der Waals surface area contributed by atoms with E-state index in [0.29, 0.717) is 18.3 Å². The predicted molar refractivity (Wildman–Crippen MR) is 80.3 cm³/mol. The van der Waals surface area contributed by atoms with Gasteiger partial charge in [-0.1, -0.05) is 30.7 Å². The summed E-state index contributed by atoms with van der Waals surface area (Å²) in [6, 6.07) is 8.84. The SMILES string of the molecule is N[C@@H]1CCC[C@H]1CC(=O)NCC1Cc2ccccc2C1. The van der Waals surface area contributed by atoms with Crippen molar-refractivity contribution in [1.29, 1.82) is 0 Å². The van der Waals surface area contributed by atoms with Gasteiger partial charge in [0.1, 0.15) is 0 Å². The Kier molecular flexibility index (Phi) is 4.06. The van der Waals surface area contributed by atoms with Crippen molar-refractivity contribution in [2.24, 2.45) is 17.6 Å². The van der Waals surface area contributed by atoms with Crippen LogP contribution in [0.1, 0.15) is 36.8 Å². The summed E-state index contributed by atoms with van der Waals surface area (Å²) in [6.07, 6.45) is 6.18. The summed E-state index contributed by atoms with van der Waals surface area (Å²) in [6.45, 7) is 0.801. The number of hydrogen-bond donors (Lipinski definition) is 2. The molecule has 0 aromatic heterocycles. The van der Waals surface area contributed by atoms with E-state index in [4.69, 9.17) is 5.73 Å². The highest BCUT2D eigenvalue weighted by Crippen LogP contribution is 2.27. The van der Waals surface area contributed by atoms with Crippen LogP contribution in [-0.4, -0.2) is 18.5 Å². The van der Waals surface area contributed by atoms with Crippen LogP contribution in [0.3, 0.4) is 0 Å². The first-order valence-corrected chi connectivity index (χ1v) is 7.81. The monoisotopic (exact) mass is 272 g/mol. The van der Waals surface area contributed by atoms with Gasteiger partial charge in [0.15, 0.2) is 0 Å². The van der Waals surface area contributed by atoms with E-state index in [9.17, 15) is 4.79 Å². The molecule has 1 aromatic carbocycles. The van der Waals surface area contributed by atoms with Crippen molar-refractivity contribution >= 4 is 5.91 Å². The van der Waals surface area contributed by atoms with Gasteiger partial charge in [-0.05, 0) is 48.6 Å². The molecule has 0 spiro atoms. The van der Waals surface area contributed by atoms with E-state index in [1.807, 2.05) is 0 Å². The summed E-state index contributed by atoms with van der Waals surface area (Å²) in [5.41, 5.74) is 8.92. The minimum absolute atomic E-state index is 0.184. The molecule has 2 aliphatic rings. The fraction of sp³-hybridized carbons (Fsp3) is 0.588. The Balaban J connectivity index is 1.43. The lowest BCUT2D eigenvalue weighted by Gasteiger charge is -2.16. The van der Waals surface area contributed by atoms with E-state index in [1.165, 1.54) is 17.5 Å². The maximum absolute atomic E-state index is 12.0. The Hall–Kier alpha value is -1.35. The van der Waals surface area contributed by atoms with Crippen molar-refractivity contribution in [3.63, 3.8) is 0 Å². The Labute approximate surface area is 120 Å². The van der Waals surface area contributed by atoms with Crippen molar-refractivity contribution < 1.29 is 4.79 Å². The highest BCUT2D eigenvalue weighted by Gasteiger charge is 2.27. The zero-order valence-electron chi connectivity index (χ0n) is 12.0. The third-order valence-electron chi connectivity index (χ3n) is 4.89. The summed E-state index contributed by atoms with van der Waals surface area (Å²) in [4.78, 5) is 12.0. The smallest absolute Gasteiger partial charge is 0.220 e. The maximum atomic E-state index is 12.0. The summed E-state index contributed by atoms with van der Waals surface area (Å²) >= 11 is 0. The van der Waals surface area contributed by atoms with Crippen LogP contribution in [0.25, 0.3) is 0 Å². The lowest BCUT2D eigenvalue weighted by molar-refractivity contribution is -0.122. The standard InChI is InChI=1S/C17H24N2O/c18-16-7-3-6-15(16)10-17(20)19-11-12-8-13-4-1-2-5-14(13)9-12/h1-2,4-5,12,15-16H,3,6-11,18H2,(H,19,20)/t15-,16+/m0/s1. The lowest BCUT2D eigenvalue weighted by Crippen LogP contribution is -2.34. The first-order valence-electron chi connectivity index (χ1n) is 7.81. The quantitative estimate of drug-likeness (QED) is 0.881. The predicted octanol–water partition coefficient (Wildman–Crippen LogP) is 2.04. The third kappa shape index (κ3) is 3.04. The molecule has 0 radical (unpaired) electrons. The molecule has 0 heterocycles. The number of nitrogens with two attached hydrogens (primary N) is 1. The molecule has 20 heavy (non-hydrogen) atoms. The Morgan fingerprint density at radius 3 is 2.50 bits per heavy atom. The number of rotatable bonds is 4. The van der Waals surface area contributed by atoms with Crippen LogP contribution in [0.15, 0.2) is 24.3 Å². The minimum atomic E-state index is 0.184. The largest absolute Gasteiger partial charge is 0.356 e. The van der Waals surface area contributed by atoms with Crippen LogP contribution in [-0.2, 0) is 17.6 Å². The highest BCUT2D eigenvalue weighted by molar-refractivity contribution is 5.76. The number of benzene rings is 1. The van der Waals surface area contributed by atoms with Crippen LogP contribution in [0.5, 0.6) is 0 Å². The van der Waals surface area contributed by atoms with Crippen LogP contribution in [0, 0.1) is 11.8 Å². The Morgan fingerprint density at radius 2 is 1.90 bits per heavy atom. The fourth-order valence-electron chi connectivity index (χ4n) is 3.68. The number of carbonyl (C=O) groups excluding carboxylic acids is 1. The first kappa shape index (κ1) is 13.6. The van der Waals surface area contributed by atoms with Gasteiger partial charge in [0.05, 0.1) is 0 Å². The molecule has 3 nitrogen and oxygen atoms in total. The van der Waals surface area contributed by atoms with Gasteiger partial charge in [0.25, 0.3) is 0 Å². The van der Waals surface area contributed by atoms with Crippen molar-refractivity contribution in [3.05, 3.63) is 35.4 Å². The average Bonchev–Trinajstić information content (AvgIpc) is 3.03. The molecule has 1 fully saturated rings. The topological polar surface area (TPSA) is 55.1 Å². The number of nitrogens with one attached hydrogen (secondary N) is 1. The average molecular weight is 272 g/mol. The van der Waals surface area contributed by atoms with Crippen LogP contribution < -0.4 is 11.1 Å². The first-order chi connectivity index (χ1) is 9.72. The molecular formula is C17H24N2O. The van der Waals surface area contributed by atoms with E-state index in [1.54, 1.807) is 0 Å². The number of amides is 1. The summed E-state index contributed by atoms with van der Waals surface area (Å²) in [5, 5.41) is 3.11. The Bertz CT molecular complexity index is 461. The summed E-state index contributed by atoms with van der Waals surface area (Å²) < 4.78 is 0. The second-order valence-electron chi connectivity index (χ2n) is 6.41. The van der Waals surface area contributed by atoms with Gasteiger partial charge in [-0.2, -0.15) is 0 Å². The molecule has 108 valence electrons. The second kappa shape index (κ2) is 5.96. The van der Waals surface area contributed by atoms with Crippen molar-refractivity contribution in [3.8, 4) is 0 Å². The molecule has 0 unspecified atom stereocenters. The van der Waals surface area contributed by atoms with Crippen LogP contribution in [0.2, 0.25) is 0 Å². The molecule has 3 heteroatoms. The van der Waals surface area contributed by atoms with Gasteiger partial charge < -0.3 is 11.1 Å². The van der Waals surface area contributed by atoms with E-state index >= 15 is 0 Å². The van der Waals surface area contributed by atoms with Gasteiger partial charge in [-0.3, -0.25) is 4.79 Å². The molecule has 1 saturated carbocycles. The molecule has 3 rings (SSSR count). The molecule has 1 amide bonds. The third-order valence-corrected chi connectivity index (χ3v) is 4.89. The second-order valence-corrected chi connectivity index (χ2v) is 6.41.